The van der Waals surface area contributed by atoms with Crippen LogP contribution in [0.25, 0.3) is 0 Å². The van der Waals surface area contributed by atoms with Crippen LogP contribution >= 0.6 is 27.5 Å². The zero-order chi connectivity index (χ0) is 13.3. The van der Waals surface area contributed by atoms with E-state index in [1.807, 2.05) is 0 Å². The summed E-state index contributed by atoms with van der Waals surface area (Å²) in [5, 5.41) is -0.0408. The molecule has 1 aromatic rings. The molecule has 1 aliphatic carbocycles. The first-order valence-corrected chi connectivity index (χ1v) is 7.11. The molecular formula is C13H14BrClFNO. The summed E-state index contributed by atoms with van der Waals surface area (Å²) < 4.78 is 14.4. The second-order valence-electron chi connectivity index (χ2n) is 4.71. The molecule has 0 bridgehead atoms. The van der Waals surface area contributed by atoms with Crippen LogP contribution in [0.15, 0.2) is 16.6 Å². The van der Waals surface area contributed by atoms with Crippen molar-refractivity contribution in [3.05, 3.63) is 33.0 Å². The van der Waals surface area contributed by atoms with Gasteiger partial charge in [0.15, 0.2) is 11.6 Å². The molecule has 0 saturated heterocycles. The Bertz CT molecular complexity index is 480. The molecule has 2 rings (SSSR count). The van der Waals surface area contributed by atoms with Gasteiger partial charge in [-0.1, -0.05) is 18.0 Å². The van der Waals surface area contributed by atoms with Crippen LogP contribution in [-0.2, 0) is 0 Å². The first kappa shape index (κ1) is 14.0. The van der Waals surface area contributed by atoms with E-state index in [-0.39, 0.29) is 28.3 Å². The van der Waals surface area contributed by atoms with E-state index < -0.39 is 5.82 Å². The van der Waals surface area contributed by atoms with Gasteiger partial charge in [-0.2, -0.15) is 0 Å². The fourth-order valence-electron chi connectivity index (χ4n) is 2.40. The summed E-state index contributed by atoms with van der Waals surface area (Å²) in [6.45, 7) is 0. The summed E-state index contributed by atoms with van der Waals surface area (Å²) in [5.74, 6) is -1.01. The zero-order valence-corrected chi connectivity index (χ0v) is 12.1. The van der Waals surface area contributed by atoms with E-state index in [9.17, 15) is 9.18 Å². The van der Waals surface area contributed by atoms with Crippen molar-refractivity contribution >= 4 is 33.3 Å². The number of carbonyl (C=O) groups excluding carboxylic acids is 1. The van der Waals surface area contributed by atoms with Crippen LogP contribution in [0, 0.1) is 11.7 Å². The molecule has 1 aromatic carbocycles. The lowest BCUT2D eigenvalue weighted by atomic mass is 9.81. The zero-order valence-electron chi connectivity index (χ0n) is 9.76. The molecule has 0 aromatic heterocycles. The minimum atomic E-state index is -0.643. The quantitative estimate of drug-likeness (QED) is 0.657. The van der Waals surface area contributed by atoms with Gasteiger partial charge >= 0.3 is 0 Å². The summed E-state index contributed by atoms with van der Waals surface area (Å²) in [6, 6.07) is 3.12. The molecule has 18 heavy (non-hydrogen) atoms. The molecule has 0 spiro atoms. The summed E-state index contributed by atoms with van der Waals surface area (Å²) in [6.07, 6.45) is 3.27. The van der Waals surface area contributed by atoms with Crippen molar-refractivity contribution in [2.24, 2.45) is 11.7 Å². The van der Waals surface area contributed by atoms with Gasteiger partial charge in [-0.25, -0.2) is 4.39 Å². The van der Waals surface area contributed by atoms with E-state index >= 15 is 0 Å². The largest absolute Gasteiger partial charge is 0.328 e. The maximum absolute atomic E-state index is 14.0. The highest BCUT2D eigenvalue weighted by Gasteiger charge is 2.28. The molecule has 1 saturated carbocycles. The Balaban J connectivity index is 2.26. The van der Waals surface area contributed by atoms with Crippen LogP contribution < -0.4 is 5.73 Å². The van der Waals surface area contributed by atoms with Crippen LogP contribution in [0.1, 0.15) is 36.0 Å². The van der Waals surface area contributed by atoms with Crippen molar-refractivity contribution in [2.75, 3.05) is 0 Å². The Labute approximate surface area is 119 Å². The number of hydrogen-bond acceptors (Lipinski definition) is 2. The van der Waals surface area contributed by atoms with Gasteiger partial charge in [0.25, 0.3) is 0 Å². The topological polar surface area (TPSA) is 43.1 Å². The normalized spacial score (nSPS) is 24.0. The lowest BCUT2D eigenvalue weighted by Crippen LogP contribution is -2.32. The lowest BCUT2D eigenvalue weighted by Gasteiger charge is -2.25. The number of hydrogen-bond donors (Lipinski definition) is 1. The molecule has 2 nitrogen and oxygen atoms in total. The Morgan fingerprint density at radius 1 is 1.44 bits per heavy atom. The van der Waals surface area contributed by atoms with Crippen molar-refractivity contribution in [1.82, 2.24) is 0 Å². The van der Waals surface area contributed by atoms with Crippen LogP contribution in [0.2, 0.25) is 5.02 Å². The van der Waals surface area contributed by atoms with E-state index in [1.54, 1.807) is 6.07 Å². The number of benzene rings is 1. The SMILES string of the molecule is NC1CCCC(C(=O)c2ccc(Br)c(Cl)c2F)C1. The standard InChI is InChI=1S/C13H14BrClFNO/c14-10-5-4-9(12(16)11(10)15)13(18)7-2-1-3-8(17)6-7/h4-5,7-8H,1-3,6,17H2. The van der Waals surface area contributed by atoms with Gasteiger partial charge < -0.3 is 5.73 Å². The Morgan fingerprint density at radius 3 is 2.83 bits per heavy atom. The molecule has 1 fully saturated rings. The average Bonchev–Trinajstić information content (AvgIpc) is 2.35. The monoisotopic (exact) mass is 333 g/mol. The number of halogens is 3. The van der Waals surface area contributed by atoms with Gasteiger partial charge in [0.2, 0.25) is 0 Å². The average molecular weight is 335 g/mol. The van der Waals surface area contributed by atoms with Crippen molar-refractivity contribution in [1.29, 1.82) is 0 Å². The van der Waals surface area contributed by atoms with E-state index in [1.165, 1.54) is 6.07 Å². The van der Waals surface area contributed by atoms with Crippen LogP contribution in [-0.4, -0.2) is 11.8 Å². The van der Waals surface area contributed by atoms with Gasteiger partial charge in [-0.3, -0.25) is 4.79 Å². The van der Waals surface area contributed by atoms with Crippen LogP contribution in [0.5, 0.6) is 0 Å². The minimum absolute atomic E-state index is 0.0408. The molecule has 2 N–H and O–H groups in total. The Hall–Kier alpha value is -0.450. The Morgan fingerprint density at radius 2 is 2.17 bits per heavy atom. The van der Waals surface area contributed by atoms with Gasteiger partial charge in [0, 0.05) is 16.4 Å². The summed E-state index contributed by atoms with van der Waals surface area (Å²) in [4.78, 5) is 12.3. The van der Waals surface area contributed by atoms with Crippen molar-refractivity contribution in [3.63, 3.8) is 0 Å². The molecule has 2 unspecified atom stereocenters. The fourth-order valence-corrected chi connectivity index (χ4v) is 2.87. The second-order valence-corrected chi connectivity index (χ2v) is 5.94. The third-order valence-electron chi connectivity index (χ3n) is 3.39. The van der Waals surface area contributed by atoms with Gasteiger partial charge in [-0.15, -0.1) is 0 Å². The highest BCUT2D eigenvalue weighted by Crippen LogP contribution is 2.32. The molecular weight excluding hydrogens is 321 g/mol. The molecule has 5 heteroatoms. The van der Waals surface area contributed by atoms with E-state index in [2.05, 4.69) is 15.9 Å². The second kappa shape index (κ2) is 5.68. The van der Waals surface area contributed by atoms with Crippen molar-refractivity contribution in [2.45, 2.75) is 31.7 Å². The molecule has 1 aliphatic rings. The number of Topliss-reactive ketones (excluding diaryl/α,β-unsaturated/α-hetero) is 1. The minimum Gasteiger partial charge on any atom is -0.328 e. The predicted molar refractivity (Wildman–Crippen MR) is 73.4 cm³/mol. The molecule has 2 atom stereocenters. The summed E-state index contributed by atoms with van der Waals surface area (Å²) >= 11 is 8.93. The number of nitrogens with two attached hydrogens (primary N) is 1. The molecule has 0 heterocycles. The molecule has 0 aliphatic heterocycles. The highest BCUT2D eigenvalue weighted by molar-refractivity contribution is 9.10. The van der Waals surface area contributed by atoms with Crippen molar-refractivity contribution in [3.8, 4) is 0 Å². The van der Waals surface area contributed by atoms with Crippen molar-refractivity contribution < 1.29 is 9.18 Å². The number of rotatable bonds is 2. The number of ketones is 1. The summed E-state index contributed by atoms with van der Waals surface area (Å²) in [5.41, 5.74) is 5.93. The first-order chi connectivity index (χ1) is 8.50. The number of carbonyl (C=O) groups is 1. The lowest BCUT2D eigenvalue weighted by molar-refractivity contribution is 0.0877. The van der Waals surface area contributed by atoms with E-state index in [0.717, 1.165) is 19.3 Å². The smallest absolute Gasteiger partial charge is 0.168 e. The van der Waals surface area contributed by atoms with Gasteiger partial charge in [-0.05, 0) is 47.3 Å². The van der Waals surface area contributed by atoms with Gasteiger partial charge in [0.1, 0.15) is 0 Å². The van der Waals surface area contributed by atoms with E-state index in [0.29, 0.717) is 10.9 Å². The maximum atomic E-state index is 14.0. The maximum Gasteiger partial charge on any atom is 0.168 e. The summed E-state index contributed by atoms with van der Waals surface area (Å²) in [7, 11) is 0. The highest BCUT2D eigenvalue weighted by atomic mass is 79.9. The molecule has 98 valence electrons. The third kappa shape index (κ3) is 2.76. The molecule has 0 radical (unpaired) electrons. The van der Waals surface area contributed by atoms with Gasteiger partial charge in [0.05, 0.1) is 10.6 Å². The fraction of sp³-hybridized carbons (Fsp3) is 0.462. The van der Waals surface area contributed by atoms with Crippen LogP contribution in [0.3, 0.4) is 0 Å². The Kier molecular flexibility index (Phi) is 4.41. The van der Waals surface area contributed by atoms with Crippen LogP contribution in [0.4, 0.5) is 4.39 Å². The predicted octanol–water partition coefficient (Wildman–Crippen LogP) is 3.94. The first-order valence-electron chi connectivity index (χ1n) is 5.94. The molecule has 0 amide bonds. The van der Waals surface area contributed by atoms with E-state index in [4.69, 9.17) is 17.3 Å². The third-order valence-corrected chi connectivity index (χ3v) is 4.64.